The summed E-state index contributed by atoms with van der Waals surface area (Å²) in [5, 5.41) is 20.3. The summed E-state index contributed by atoms with van der Waals surface area (Å²) in [4.78, 5) is 12.3. The van der Waals surface area contributed by atoms with Crippen molar-refractivity contribution in [2.24, 2.45) is 10.2 Å². The van der Waals surface area contributed by atoms with Gasteiger partial charge in [0.2, 0.25) is 5.88 Å². The molecule has 3 rings (SSSR count). The molecule has 3 aromatic rings. The number of carbonyl (C=O) groups excluding carboxylic acids is 1. The van der Waals surface area contributed by atoms with E-state index in [4.69, 9.17) is 32.7 Å². The van der Waals surface area contributed by atoms with Gasteiger partial charge in [0.25, 0.3) is 5.91 Å². The van der Waals surface area contributed by atoms with E-state index < -0.39 is 5.91 Å². The lowest BCUT2D eigenvalue weighted by molar-refractivity contribution is -0.118. The number of unbranched alkanes of at least 4 members (excludes halogenated alkanes) is 2. The van der Waals surface area contributed by atoms with Crippen molar-refractivity contribution in [2.75, 3.05) is 13.7 Å². The van der Waals surface area contributed by atoms with E-state index >= 15 is 0 Å². The third-order valence-electron chi connectivity index (χ3n) is 5.15. The van der Waals surface area contributed by atoms with E-state index in [2.05, 4.69) is 17.2 Å². The molecular weight excluding hydrogens is 465 g/mol. The van der Waals surface area contributed by atoms with Crippen molar-refractivity contribution in [2.45, 2.75) is 45.6 Å². The third kappa shape index (κ3) is 6.39. The molecule has 0 aliphatic heterocycles. The number of azo groups is 1. The number of ether oxygens (including phenoxy) is 2. The molecule has 0 aliphatic rings. The van der Waals surface area contributed by atoms with E-state index in [1.54, 1.807) is 35.9 Å². The van der Waals surface area contributed by atoms with Gasteiger partial charge < -0.3 is 19.1 Å². The van der Waals surface area contributed by atoms with Crippen LogP contribution < -0.4 is 9.47 Å². The molecule has 176 valence electrons. The van der Waals surface area contributed by atoms with Gasteiger partial charge in [0.1, 0.15) is 11.5 Å². The minimum atomic E-state index is -0.407. The number of fused-ring (bicyclic) bond motifs is 1. The molecule has 0 aliphatic carbocycles. The van der Waals surface area contributed by atoms with Crippen molar-refractivity contribution >= 4 is 45.7 Å². The van der Waals surface area contributed by atoms with Crippen molar-refractivity contribution in [1.29, 1.82) is 0 Å². The number of methoxy groups -OCH3 is 1. The Labute approximate surface area is 202 Å². The van der Waals surface area contributed by atoms with Crippen LogP contribution in [0.2, 0.25) is 10.0 Å². The Morgan fingerprint density at radius 1 is 1.12 bits per heavy atom. The number of carbonyl (C=O) groups is 1. The molecule has 0 unspecified atom stereocenters. The Kier molecular flexibility index (Phi) is 8.97. The van der Waals surface area contributed by atoms with Crippen LogP contribution >= 0.6 is 23.2 Å². The first-order chi connectivity index (χ1) is 15.9. The van der Waals surface area contributed by atoms with Gasteiger partial charge in [-0.15, -0.1) is 10.2 Å². The monoisotopic (exact) mass is 491 g/mol. The summed E-state index contributed by atoms with van der Waals surface area (Å²) in [5.74, 6) is 0.723. The van der Waals surface area contributed by atoms with Crippen molar-refractivity contribution in [3.63, 3.8) is 0 Å². The molecular formula is C24H27Cl2N3O4. The second-order valence-electron chi connectivity index (χ2n) is 7.53. The largest absolute Gasteiger partial charge is 0.497 e. The minimum Gasteiger partial charge on any atom is -0.497 e. The summed E-state index contributed by atoms with van der Waals surface area (Å²) in [6.45, 7) is 3.07. The van der Waals surface area contributed by atoms with Gasteiger partial charge in [-0.1, -0.05) is 43.0 Å². The molecule has 7 nitrogen and oxygen atoms in total. The lowest BCUT2D eigenvalue weighted by atomic mass is 10.2. The lowest BCUT2D eigenvalue weighted by Crippen LogP contribution is -2.01. The first kappa shape index (κ1) is 24.9. The summed E-state index contributed by atoms with van der Waals surface area (Å²) in [6, 6.07) is 10.4. The van der Waals surface area contributed by atoms with Gasteiger partial charge in [0.05, 0.1) is 24.3 Å². The van der Waals surface area contributed by atoms with Gasteiger partial charge in [0.15, 0.2) is 5.69 Å². The molecule has 0 spiro atoms. The minimum absolute atomic E-state index is 0.00776. The predicted octanol–water partition coefficient (Wildman–Crippen LogP) is 7.32. The number of hydrogen-bond acceptors (Lipinski definition) is 5. The SMILES string of the molecule is CCCCCn1c(O)c(N=NC(=O)CCCOc2ccc(Cl)cc2Cl)c2cc(OC)ccc21. The second-order valence-corrected chi connectivity index (χ2v) is 8.38. The molecule has 1 aromatic heterocycles. The Morgan fingerprint density at radius 3 is 2.67 bits per heavy atom. The van der Waals surface area contributed by atoms with Crippen molar-refractivity contribution in [3.05, 3.63) is 46.4 Å². The number of amides is 1. The lowest BCUT2D eigenvalue weighted by Gasteiger charge is -2.07. The summed E-state index contributed by atoms with van der Waals surface area (Å²) in [7, 11) is 1.57. The number of aryl methyl sites for hydroxylation is 1. The number of halogens is 2. The quantitative estimate of drug-likeness (QED) is 0.224. The van der Waals surface area contributed by atoms with Gasteiger partial charge in [-0.25, -0.2) is 0 Å². The molecule has 0 saturated carbocycles. The van der Waals surface area contributed by atoms with Gasteiger partial charge in [0, 0.05) is 23.4 Å². The van der Waals surface area contributed by atoms with Gasteiger partial charge >= 0.3 is 0 Å². The first-order valence-corrected chi connectivity index (χ1v) is 11.6. The molecule has 1 N–H and O–H groups in total. The van der Waals surface area contributed by atoms with E-state index in [1.807, 2.05) is 12.1 Å². The second kappa shape index (κ2) is 11.9. The van der Waals surface area contributed by atoms with Crippen LogP contribution in [0, 0.1) is 0 Å². The van der Waals surface area contributed by atoms with Crippen LogP contribution in [0.15, 0.2) is 46.6 Å². The van der Waals surface area contributed by atoms with E-state index in [-0.39, 0.29) is 18.0 Å². The Bertz CT molecular complexity index is 1140. The van der Waals surface area contributed by atoms with Crippen LogP contribution in [0.25, 0.3) is 10.9 Å². The maximum atomic E-state index is 12.3. The zero-order valence-electron chi connectivity index (χ0n) is 18.7. The molecule has 0 fully saturated rings. The van der Waals surface area contributed by atoms with Crippen molar-refractivity contribution in [1.82, 2.24) is 4.57 Å². The Balaban J connectivity index is 1.67. The molecule has 0 radical (unpaired) electrons. The fourth-order valence-corrected chi connectivity index (χ4v) is 3.89. The van der Waals surface area contributed by atoms with Crippen LogP contribution in [-0.4, -0.2) is 29.3 Å². The number of nitrogens with zero attached hydrogens (tertiary/aromatic N) is 3. The van der Waals surface area contributed by atoms with Crippen LogP contribution in [0.1, 0.15) is 39.0 Å². The topological polar surface area (TPSA) is 85.4 Å². The molecule has 2 aromatic carbocycles. The van der Waals surface area contributed by atoms with Crippen molar-refractivity contribution in [3.8, 4) is 17.4 Å². The van der Waals surface area contributed by atoms with E-state index in [1.165, 1.54) is 0 Å². The van der Waals surface area contributed by atoms with E-state index in [9.17, 15) is 9.90 Å². The zero-order chi connectivity index (χ0) is 23.8. The predicted molar refractivity (Wildman–Crippen MR) is 130 cm³/mol. The number of hydrogen-bond donors (Lipinski definition) is 1. The highest BCUT2D eigenvalue weighted by Crippen LogP contribution is 2.40. The average Bonchev–Trinajstić information content (AvgIpc) is 3.06. The summed E-state index contributed by atoms with van der Waals surface area (Å²) >= 11 is 11.9. The van der Waals surface area contributed by atoms with Gasteiger partial charge in [-0.2, -0.15) is 0 Å². The Hall–Kier alpha value is -2.77. The Morgan fingerprint density at radius 2 is 1.94 bits per heavy atom. The number of aromatic nitrogens is 1. The average molecular weight is 492 g/mol. The molecule has 1 heterocycles. The van der Waals surface area contributed by atoms with Gasteiger partial charge in [-0.05, 0) is 49.2 Å². The summed E-state index contributed by atoms with van der Waals surface area (Å²) in [6.07, 6.45) is 3.63. The molecule has 0 saturated heterocycles. The standard InChI is InChI=1S/C24H27Cl2N3O4/c1-3-4-5-12-29-20-10-9-17(32-2)15-18(20)23(24(29)31)28-27-22(30)7-6-13-33-21-11-8-16(25)14-19(21)26/h8-11,14-15,31H,3-7,12-13H2,1-2H3. The zero-order valence-corrected chi connectivity index (χ0v) is 20.2. The van der Waals surface area contributed by atoms with E-state index in [0.717, 1.165) is 24.8 Å². The molecule has 33 heavy (non-hydrogen) atoms. The number of aromatic hydroxyl groups is 1. The fourth-order valence-electron chi connectivity index (χ4n) is 3.43. The summed E-state index contributed by atoms with van der Waals surface area (Å²) in [5.41, 5.74) is 1.08. The first-order valence-electron chi connectivity index (χ1n) is 10.9. The van der Waals surface area contributed by atoms with E-state index in [0.29, 0.717) is 46.5 Å². The normalized spacial score (nSPS) is 11.4. The highest BCUT2D eigenvalue weighted by Gasteiger charge is 2.17. The van der Waals surface area contributed by atoms with Gasteiger partial charge in [-0.3, -0.25) is 4.79 Å². The van der Waals surface area contributed by atoms with Crippen LogP contribution in [0.3, 0.4) is 0 Å². The van der Waals surface area contributed by atoms with Crippen LogP contribution in [-0.2, 0) is 11.3 Å². The third-order valence-corrected chi connectivity index (χ3v) is 5.68. The van der Waals surface area contributed by atoms with Crippen LogP contribution in [0.5, 0.6) is 17.4 Å². The highest BCUT2D eigenvalue weighted by molar-refractivity contribution is 6.35. The summed E-state index contributed by atoms with van der Waals surface area (Å²) < 4.78 is 12.7. The highest BCUT2D eigenvalue weighted by atomic mass is 35.5. The fraction of sp³-hybridized carbons (Fsp3) is 0.375. The number of rotatable bonds is 11. The van der Waals surface area contributed by atoms with Crippen molar-refractivity contribution < 1.29 is 19.4 Å². The smallest absolute Gasteiger partial charge is 0.264 e. The maximum Gasteiger partial charge on any atom is 0.264 e. The molecule has 1 amide bonds. The molecule has 0 bridgehead atoms. The number of benzene rings is 2. The van der Waals surface area contributed by atoms with Crippen LogP contribution in [0.4, 0.5) is 5.69 Å². The maximum absolute atomic E-state index is 12.3. The molecule has 0 atom stereocenters. The molecule has 9 heteroatoms.